The van der Waals surface area contributed by atoms with Crippen LogP contribution in [0, 0.1) is 13.7 Å². The smallest absolute Gasteiger partial charge is 0.270 e. The van der Waals surface area contributed by atoms with Crippen LogP contribution in [-0.2, 0) is 0 Å². The molecule has 0 spiro atoms. The van der Waals surface area contributed by atoms with E-state index in [1.165, 1.54) is 6.07 Å². The number of amides is 2. The molecule has 120 valence electrons. The minimum absolute atomic E-state index is 0.0513. The highest BCUT2D eigenvalue weighted by Gasteiger charge is 2.37. The summed E-state index contributed by atoms with van der Waals surface area (Å²) < 4.78 is 0.956. The van der Waals surface area contributed by atoms with E-state index in [4.69, 9.17) is 0 Å². The zero-order valence-corrected chi connectivity index (χ0v) is 14.2. The number of hydrogen-bond acceptors (Lipinski definition) is 5. The molecule has 0 unspecified atom stereocenters. The Kier molecular flexibility index (Phi) is 4.14. The number of rotatable bonds is 4. The molecule has 0 aliphatic carbocycles. The Morgan fingerprint density at radius 2 is 1.67 bits per heavy atom. The van der Waals surface area contributed by atoms with Gasteiger partial charge in [-0.05, 0) is 40.8 Å². The number of ketones is 1. The Morgan fingerprint density at radius 1 is 1.04 bits per heavy atom. The van der Waals surface area contributed by atoms with Crippen LogP contribution >= 0.6 is 22.6 Å². The zero-order chi connectivity index (χ0) is 17.4. The molecule has 2 amide bonds. The van der Waals surface area contributed by atoms with Crippen molar-refractivity contribution in [2.75, 3.05) is 6.54 Å². The van der Waals surface area contributed by atoms with Crippen molar-refractivity contribution in [3.05, 3.63) is 72.8 Å². The van der Waals surface area contributed by atoms with Crippen LogP contribution in [-0.4, -0.2) is 34.0 Å². The predicted octanol–water partition coefficient (Wildman–Crippen LogP) is 2.68. The average Bonchev–Trinajstić information content (AvgIpc) is 2.80. The van der Waals surface area contributed by atoms with Gasteiger partial charge in [0.15, 0.2) is 5.78 Å². The monoisotopic (exact) mass is 436 g/mol. The maximum absolute atomic E-state index is 12.3. The molecular weight excluding hydrogens is 427 g/mol. The molecular formula is C16H9IN2O5. The molecule has 3 rings (SSSR count). The fourth-order valence-corrected chi connectivity index (χ4v) is 2.77. The molecule has 2 aromatic rings. The predicted molar refractivity (Wildman–Crippen MR) is 92.0 cm³/mol. The van der Waals surface area contributed by atoms with E-state index in [-0.39, 0.29) is 22.6 Å². The van der Waals surface area contributed by atoms with Gasteiger partial charge in [-0.3, -0.25) is 29.4 Å². The van der Waals surface area contributed by atoms with E-state index in [1.807, 2.05) is 0 Å². The summed E-state index contributed by atoms with van der Waals surface area (Å²) in [6, 6.07) is 10.2. The number of carbonyl (C=O) groups excluding carboxylic acids is 3. The van der Waals surface area contributed by atoms with Crippen LogP contribution in [0.5, 0.6) is 0 Å². The molecule has 1 aliphatic heterocycles. The largest absolute Gasteiger partial charge is 0.292 e. The maximum atomic E-state index is 12.3. The third-order valence-corrected chi connectivity index (χ3v) is 4.35. The highest BCUT2D eigenvalue weighted by atomic mass is 127. The maximum Gasteiger partial charge on any atom is 0.270 e. The van der Waals surface area contributed by atoms with Gasteiger partial charge in [0.25, 0.3) is 17.5 Å². The number of benzene rings is 2. The number of fused-ring (bicyclic) bond motifs is 1. The van der Waals surface area contributed by atoms with Crippen LogP contribution in [0.2, 0.25) is 0 Å². The molecule has 0 radical (unpaired) electrons. The first-order valence-corrected chi connectivity index (χ1v) is 7.90. The number of halogens is 1. The van der Waals surface area contributed by atoms with Crippen LogP contribution in [0.25, 0.3) is 0 Å². The topological polar surface area (TPSA) is 97.6 Å². The van der Waals surface area contributed by atoms with Crippen molar-refractivity contribution in [1.82, 2.24) is 4.90 Å². The molecule has 0 fully saturated rings. The highest BCUT2D eigenvalue weighted by Crippen LogP contribution is 2.27. The summed E-state index contributed by atoms with van der Waals surface area (Å²) in [5.74, 6) is -1.70. The third kappa shape index (κ3) is 2.80. The molecule has 0 bridgehead atoms. The fraction of sp³-hybridized carbons (Fsp3) is 0.0625. The van der Waals surface area contributed by atoms with Gasteiger partial charge < -0.3 is 0 Å². The molecule has 2 aromatic carbocycles. The van der Waals surface area contributed by atoms with Gasteiger partial charge in [-0.2, -0.15) is 0 Å². The third-order valence-electron chi connectivity index (χ3n) is 3.63. The summed E-state index contributed by atoms with van der Waals surface area (Å²) in [6.45, 7) is -0.402. The van der Waals surface area contributed by atoms with Gasteiger partial charge in [-0.1, -0.05) is 12.1 Å². The van der Waals surface area contributed by atoms with Crippen LogP contribution in [0.4, 0.5) is 5.69 Å². The van der Waals surface area contributed by atoms with Gasteiger partial charge >= 0.3 is 0 Å². The first kappa shape index (κ1) is 16.2. The van der Waals surface area contributed by atoms with Gasteiger partial charge in [0.2, 0.25) is 0 Å². The quantitative estimate of drug-likeness (QED) is 0.241. The number of nitro groups is 1. The summed E-state index contributed by atoms with van der Waals surface area (Å²) in [7, 11) is 0. The lowest BCUT2D eigenvalue weighted by Gasteiger charge is -2.12. The zero-order valence-electron chi connectivity index (χ0n) is 12.1. The van der Waals surface area contributed by atoms with Crippen molar-refractivity contribution >= 4 is 45.9 Å². The normalized spacial score (nSPS) is 13.1. The van der Waals surface area contributed by atoms with E-state index in [0.717, 1.165) is 20.6 Å². The van der Waals surface area contributed by atoms with E-state index >= 15 is 0 Å². The van der Waals surface area contributed by atoms with Crippen molar-refractivity contribution < 1.29 is 19.3 Å². The molecule has 1 aliphatic rings. The molecule has 24 heavy (non-hydrogen) atoms. The standard InChI is InChI=1S/C16H9IN2O5/c17-10-3-1-9(2-4-10)14(20)8-18-15(21)12-6-5-11(19(23)24)7-13(12)16(18)22/h1-7H,8H2. The summed E-state index contributed by atoms with van der Waals surface area (Å²) in [4.78, 5) is 47.9. The van der Waals surface area contributed by atoms with Crippen LogP contribution in [0.15, 0.2) is 42.5 Å². The van der Waals surface area contributed by atoms with Crippen LogP contribution in [0.1, 0.15) is 31.1 Å². The molecule has 0 saturated heterocycles. The second-order valence-electron chi connectivity index (χ2n) is 5.11. The van der Waals surface area contributed by atoms with Gasteiger partial charge in [0, 0.05) is 21.3 Å². The summed E-state index contributed by atoms with van der Waals surface area (Å²) in [5, 5.41) is 10.8. The first-order valence-electron chi connectivity index (χ1n) is 6.82. The van der Waals surface area contributed by atoms with Crippen molar-refractivity contribution in [1.29, 1.82) is 0 Å². The molecule has 0 aromatic heterocycles. The SMILES string of the molecule is O=C(CN1C(=O)c2ccc([N+](=O)[O-])cc2C1=O)c1ccc(I)cc1. The summed E-state index contributed by atoms with van der Waals surface area (Å²) in [5.41, 5.74) is 0.129. The van der Waals surface area contributed by atoms with E-state index in [0.29, 0.717) is 5.56 Å². The number of carbonyl (C=O) groups is 3. The van der Waals surface area contributed by atoms with Crippen molar-refractivity contribution in [2.45, 2.75) is 0 Å². The second kappa shape index (κ2) is 6.11. The average molecular weight is 436 g/mol. The highest BCUT2D eigenvalue weighted by molar-refractivity contribution is 14.1. The Hall–Kier alpha value is -2.62. The van der Waals surface area contributed by atoms with Gasteiger partial charge in [-0.15, -0.1) is 0 Å². The van der Waals surface area contributed by atoms with E-state index < -0.39 is 23.3 Å². The van der Waals surface area contributed by atoms with Crippen molar-refractivity contribution in [2.24, 2.45) is 0 Å². The number of non-ortho nitro benzene ring substituents is 1. The first-order chi connectivity index (χ1) is 11.4. The molecule has 7 nitrogen and oxygen atoms in total. The molecule has 0 atom stereocenters. The van der Waals surface area contributed by atoms with Gasteiger partial charge in [0.1, 0.15) is 0 Å². The Balaban J connectivity index is 1.86. The Bertz CT molecular complexity index is 892. The summed E-state index contributed by atoms with van der Waals surface area (Å²) in [6.07, 6.45) is 0. The number of nitrogens with zero attached hydrogens (tertiary/aromatic N) is 2. The van der Waals surface area contributed by atoms with Crippen LogP contribution in [0.3, 0.4) is 0 Å². The lowest BCUT2D eigenvalue weighted by molar-refractivity contribution is -0.384. The lowest BCUT2D eigenvalue weighted by Crippen LogP contribution is -2.34. The van der Waals surface area contributed by atoms with Crippen molar-refractivity contribution in [3.8, 4) is 0 Å². The second-order valence-corrected chi connectivity index (χ2v) is 6.36. The molecule has 0 saturated carbocycles. The van der Waals surface area contributed by atoms with Gasteiger partial charge in [0.05, 0.1) is 22.6 Å². The minimum Gasteiger partial charge on any atom is -0.292 e. The Labute approximate surface area is 149 Å². The molecule has 0 N–H and O–H groups in total. The van der Waals surface area contributed by atoms with E-state index in [2.05, 4.69) is 22.6 Å². The van der Waals surface area contributed by atoms with E-state index in [1.54, 1.807) is 24.3 Å². The van der Waals surface area contributed by atoms with Gasteiger partial charge in [-0.25, -0.2) is 0 Å². The summed E-state index contributed by atoms with van der Waals surface area (Å²) >= 11 is 2.10. The number of imide groups is 1. The lowest BCUT2D eigenvalue weighted by atomic mass is 10.1. The minimum atomic E-state index is -0.697. The number of hydrogen-bond donors (Lipinski definition) is 0. The molecule has 1 heterocycles. The fourth-order valence-electron chi connectivity index (χ4n) is 2.41. The van der Waals surface area contributed by atoms with E-state index in [9.17, 15) is 24.5 Å². The number of nitro benzene ring substituents is 1. The Morgan fingerprint density at radius 3 is 2.29 bits per heavy atom. The molecule has 8 heteroatoms. The number of Topliss-reactive ketones (excluding diaryl/α,β-unsaturated/α-hetero) is 1. The van der Waals surface area contributed by atoms with Crippen molar-refractivity contribution in [3.63, 3.8) is 0 Å². The van der Waals surface area contributed by atoms with Crippen LogP contribution < -0.4 is 0 Å².